The zero-order valence-corrected chi connectivity index (χ0v) is 16.5. The highest BCUT2D eigenvalue weighted by molar-refractivity contribution is 7.12. The number of hydrogen-bond donors (Lipinski definition) is 1. The van der Waals surface area contributed by atoms with Crippen molar-refractivity contribution in [1.29, 1.82) is 0 Å². The molecule has 4 rings (SSSR count). The molecule has 8 heteroatoms. The summed E-state index contributed by atoms with van der Waals surface area (Å²) in [6.45, 7) is 0.188. The van der Waals surface area contributed by atoms with E-state index in [2.05, 4.69) is 17.3 Å². The van der Waals surface area contributed by atoms with Crippen LogP contribution in [0.3, 0.4) is 0 Å². The van der Waals surface area contributed by atoms with Gasteiger partial charge in [0.1, 0.15) is 6.61 Å². The van der Waals surface area contributed by atoms with Gasteiger partial charge in [0.15, 0.2) is 5.75 Å². The molecule has 2 bridgehead atoms. The Balaban J connectivity index is 1.34. The minimum Gasteiger partial charge on any atom is -0.482 e. The van der Waals surface area contributed by atoms with E-state index in [9.17, 15) is 14.9 Å². The number of nitro benzene ring substituents is 1. The molecular formula is C20H23N3O4S. The first kappa shape index (κ1) is 18.9. The summed E-state index contributed by atoms with van der Waals surface area (Å²) < 4.78 is 5.60. The first-order chi connectivity index (χ1) is 13.5. The fourth-order valence-electron chi connectivity index (χ4n) is 4.25. The Kier molecular flexibility index (Phi) is 5.32. The van der Waals surface area contributed by atoms with Crippen LogP contribution in [0.2, 0.25) is 0 Å². The van der Waals surface area contributed by atoms with E-state index in [0.717, 1.165) is 18.4 Å². The molecule has 2 aliphatic rings. The topological polar surface area (TPSA) is 84.7 Å². The minimum absolute atomic E-state index is 0.0455. The lowest BCUT2D eigenvalue weighted by molar-refractivity contribution is -0.385. The molecule has 1 aromatic carbocycles. The van der Waals surface area contributed by atoms with Crippen molar-refractivity contribution in [2.24, 2.45) is 0 Å². The van der Waals surface area contributed by atoms with Crippen LogP contribution in [-0.4, -0.2) is 40.9 Å². The van der Waals surface area contributed by atoms with Gasteiger partial charge in [0.05, 0.1) is 9.80 Å². The van der Waals surface area contributed by atoms with Crippen molar-refractivity contribution in [1.82, 2.24) is 10.2 Å². The largest absolute Gasteiger partial charge is 0.482 e. The van der Waals surface area contributed by atoms with E-state index in [4.69, 9.17) is 4.74 Å². The maximum absolute atomic E-state index is 12.6. The number of rotatable bonds is 6. The highest BCUT2D eigenvalue weighted by Gasteiger charge is 2.38. The molecule has 1 amide bonds. The van der Waals surface area contributed by atoms with E-state index >= 15 is 0 Å². The second-order valence-electron chi connectivity index (χ2n) is 7.52. The number of hydrogen-bond acceptors (Lipinski definition) is 6. The van der Waals surface area contributed by atoms with Crippen LogP contribution in [0.1, 0.15) is 40.9 Å². The van der Waals surface area contributed by atoms with Crippen LogP contribution in [0.5, 0.6) is 5.75 Å². The first-order valence-corrected chi connectivity index (χ1v) is 10.4. The Morgan fingerprint density at radius 1 is 1.32 bits per heavy atom. The molecule has 2 atom stereocenters. The quantitative estimate of drug-likeness (QED) is 0.591. The Bertz CT molecular complexity index is 870. The van der Waals surface area contributed by atoms with Gasteiger partial charge in [-0.3, -0.25) is 14.9 Å². The highest BCUT2D eigenvalue weighted by Crippen LogP contribution is 2.34. The van der Waals surface area contributed by atoms with E-state index in [0.29, 0.717) is 17.0 Å². The Morgan fingerprint density at radius 3 is 2.75 bits per heavy atom. The molecule has 2 saturated heterocycles. The predicted octanol–water partition coefficient (Wildman–Crippen LogP) is 3.59. The lowest BCUT2D eigenvalue weighted by Gasteiger charge is -2.36. The zero-order valence-electron chi connectivity index (χ0n) is 15.7. The van der Waals surface area contributed by atoms with Crippen LogP contribution >= 0.6 is 11.3 Å². The average Bonchev–Trinajstić information content (AvgIpc) is 3.22. The highest BCUT2D eigenvalue weighted by atomic mass is 32.1. The van der Waals surface area contributed by atoms with E-state index in [-0.39, 0.29) is 30.0 Å². The van der Waals surface area contributed by atoms with Crippen LogP contribution < -0.4 is 10.1 Å². The number of para-hydroxylation sites is 2. The molecule has 0 saturated carbocycles. The molecule has 2 aromatic rings. The summed E-state index contributed by atoms with van der Waals surface area (Å²) in [6, 6.07) is 9.49. The zero-order chi connectivity index (χ0) is 19.7. The summed E-state index contributed by atoms with van der Waals surface area (Å²) in [5.74, 6) is 0.183. The van der Waals surface area contributed by atoms with Gasteiger partial charge in [-0.15, -0.1) is 11.3 Å². The fraction of sp³-hybridized carbons (Fsp3) is 0.450. The van der Waals surface area contributed by atoms with Gasteiger partial charge < -0.3 is 15.0 Å². The second-order valence-corrected chi connectivity index (χ2v) is 8.44. The summed E-state index contributed by atoms with van der Waals surface area (Å²) in [4.78, 5) is 26.3. The van der Waals surface area contributed by atoms with Gasteiger partial charge in [-0.25, -0.2) is 0 Å². The molecule has 1 aromatic heterocycles. The third-order valence-corrected chi connectivity index (χ3v) is 6.75. The molecule has 7 nitrogen and oxygen atoms in total. The average molecular weight is 401 g/mol. The van der Waals surface area contributed by atoms with Crippen LogP contribution in [0.25, 0.3) is 0 Å². The lowest BCUT2D eigenvalue weighted by Crippen LogP contribution is -2.48. The van der Waals surface area contributed by atoms with Gasteiger partial charge in [-0.05, 0) is 50.2 Å². The Hall–Kier alpha value is -2.45. The van der Waals surface area contributed by atoms with E-state index in [1.807, 2.05) is 5.38 Å². The normalized spacial score (nSPS) is 24.1. The predicted molar refractivity (Wildman–Crippen MR) is 107 cm³/mol. The maximum Gasteiger partial charge on any atom is 0.310 e. The van der Waals surface area contributed by atoms with Gasteiger partial charge >= 0.3 is 5.69 Å². The fourth-order valence-corrected chi connectivity index (χ4v) is 5.05. The molecule has 0 aliphatic carbocycles. The van der Waals surface area contributed by atoms with Crippen LogP contribution in [0.4, 0.5) is 5.69 Å². The molecule has 2 fully saturated rings. The van der Waals surface area contributed by atoms with Crippen LogP contribution in [-0.2, 0) is 6.61 Å². The third kappa shape index (κ3) is 3.88. The summed E-state index contributed by atoms with van der Waals surface area (Å²) >= 11 is 1.37. The van der Waals surface area contributed by atoms with Crippen LogP contribution in [0, 0.1) is 10.1 Å². The number of nitro groups is 1. The van der Waals surface area contributed by atoms with Gasteiger partial charge in [-0.2, -0.15) is 0 Å². The van der Waals surface area contributed by atoms with Crippen molar-refractivity contribution in [2.75, 3.05) is 7.05 Å². The van der Waals surface area contributed by atoms with Gasteiger partial charge in [-0.1, -0.05) is 12.1 Å². The summed E-state index contributed by atoms with van der Waals surface area (Å²) in [6.07, 6.45) is 4.47. The Morgan fingerprint density at radius 2 is 2.04 bits per heavy atom. The molecule has 3 heterocycles. The van der Waals surface area contributed by atoms with Crippen molar-refractivity contribution in [3.8, 4) is 5.75 Å². The summed E-state index contributed by atoms with van der Waals surface area (Å²) in [5, 5.41) is 16.1. The lowest BCUT2D eigenvalue weighted by atomic mass is 9.98. The van der Waals surface area contributed by atoms with E-state index in [1.54, 1.807) is 24.3 Å². The van der Waals surface area contributed by atoms with Crippen molar-refractivity contribution < 1.29 is 14.5 Å². The molecule has 2 unspecified atom stereocenters. The number of piperidine rings is 1. The molecule has 148 valence electrons. The van der Waals surface area contributed by atoms with Crippen molar-refractivity contribution in [2.45, 2.75) is 50.4 Å². The number of amides is 1. The summed E-state index contributed by atoms with van der Waals surface area (Å²) in [7, 11) is 2.18. The van der Waals surface area contributed by atoms with E-state index in [1.165, 1.54) is 30.2 Å². The summed E-state index contributed by atoms with van der Waals surface area (Å²) in [5.41, 5.74) is 0.768. The second kappa shape index (κ2) is 7.89. The monoisotopic (exact) mass is 401 g/mol. The third-order valence-electron chi connectivity index (χ3n) is 5.77. The Labute approximate surface area is 167 Å². The number of thiophene rings is 1. The number of nitrogens with one attached hydrogen (secondary N) is 1. The molecule has 1 N–H and O–H groups in total. The van der Waals surface area contributed by atoms with Crippen molar-refractivity contribution >= 4 is 22.9 Å². The minimum atomic E-state index is -0.462. The van der Waals surface area contributed by atoms with Gasteiger partial charge in [0, 0.05) is 29.8 Å². The number of carbonyl (C=O) groups excluding carboxylic acids is 1. The SMILES string of the molecule is CN1C2CCC1CC(NC(=O)c1cc(COc3ccccc3[N+](=O)[O-])cs1)C2. The number of benzene rings is 1. The molecule has 0 radical (unpaired) electrons. The molecular weight excluding hydrogens is 378 g/mol. The number of carbonyl (C=O) groups is 1. The molecule has 0 spiro atoms. The number of ether oxygens (including phenoxy) is 1. The van der Waals surface area contributed by atoms with E-state index < -0.39 is 4.92 Å². The van der Waals surface area contributed by atoms with Crippen LogP contribution in [0.15, 0.2) is 35.7 Å². The standard InChI is InChI=1S/C20H23N3O4S/c1-22-15-6-7-16(22)10-14(9-15)21-20(24)19-8-13(12-28-19)11-27-18-5-3-2-4-17(18)23(25)26/h2-5,8,12,14-16H,6-7,9-11H2,1H3,(H,21,24). The van der Waals surface area contributed by atoms with Gasteiger partial charge in [0.25, 0.3) is 5.91 Å². The van der Waals surface area contributed by atoms with Crippen molar-refractivity contribution in [3.63, 3.8) is 0 Å². The van der Waals surface area contributed by atoms with Gasteiger partial charge in [0.2, 0.25) is 0 Å². The smallest absolute Gasteiger partial charge is 0.310 e. The first-order valence-electron chi connectivity index (χ1n) is 9.47. The molecule has 28 heavy (non-hydrogen) atoms. The molecule has 2 aliphatic heterocycles. The number of fused-ring (bicyclic) bond motifs is 2. The van der Waals surface area contributed by atoms with Crippen molar-refractivity contribution in [3.05, 3.63) is 56.3 Å². The maximum atomic E-state index is 12.6. The number of nitrogens with zero attached hydrogens (tertiary/aromatic N) is 2.